The molecule has 2 aromatic rings. The quantitative estimate of drug-likeness (QED) is 0.509. The highest BCUT2D eigenvalue weighted by atomic mass is 16.5. The summed E-state index contributed by atoms with van der Waals surface area (Å²) in [4.78, 5) is 8.63. The van der Waals surface area contributed by atoms with E-state index in [0.717, 1.165) is 23.8 Å². The van der Waals surface area contributed by atoms with Crippen LogP contribution in [-0.2, 0) is 6.54 Å². The third-order valence-corrected chi connectivity index (χ3v) is 4.37. The van der Waals surface area contributed by atoms with E-state index in [9.17, 15) is 0 Å². The molecule has 0 unspecified atom stereocenters. The van der Waals surface area contributed by atoms with E-state index in [2.05, 4.69) is 20.6 Å². The van der Waals surface area contributed by atoms with Gasteiger partial charge in [-0.15, -0.1) is 0 Å². The minimum atomic E-state index is 0.570. The van der Waals surface area contributed by atoms with E-state index < -0.39 is 0 Å². The Bertz CT molecular complexity index is 789. The number of guanidine groups is 1. The van der Waals surface area contributed by atoms with Crippen molar-refractivity contribution in [2.75, 3.05) is 32.7 Å². The zero-order chi connectivity index (χ0) is 19.8. The van der Waals surface area contributed by atoms with E-state index in [4.69, 9.17) is 14.2 Å². The lowest BCUT2D eigenvalue weighted by Crippen LogP contribution is -2.30. The number of aromatic nitrogens is 1. The molecule has 1 aromatic heterocycles. The van der Waals surface area contributed by atoms with Crippen LogP contribution < -0.4 is 24.8 Å². The molecule has 150 valence electrons. The maximum Gasteiger partial charge on any atom is 0.213 e. The van der Waals surface area contributed by atoms with Gasteiger partial charge in [-0.25, -0.2) is 4.98 Å². The number of nitrogens with zero attached hydrogens (tertiary/aromatic N) is 2. The molecule has 7 nitrogen and oxygen atoms in total. The van der Waals surface area contributed by atoms with Gasteiger partial charge >= 0.3 is 0 Å². The van der Waals surface area contributed by atoms with Gasteiger partial charge in [0.1, 0.15) is 0 Å². The van der Waals surface area contributed by atoms with Crippen molar-refractivity contribution in [3.8, 4) is 17.4 Å². The molecule has 1 aliphatic carbocycles. The Balaban J connectivity index is 1.53. The lowest BCUT2D eigenvalue weighted by atomic mass is 10.2. The summed E-state index contributed by atoms with van der Waals surface area (Å²) in [6.07, 6.45) is 4.37. The molecule has 1 heterocycles. The number of methoxy groups -OCH3 is 1. The van der Waals surface area contributed by atoms with Gasteiger partial charge in [-0.1, -0.05) is 6.07 Å². The zero-order valence-electron chi connectivity index (χ0n) is 16.7. The molecule has 1 aromatic carbocycles. The first kappa shape index (κ1) is 19.8. The highest BCUT2D eigenvalue weighted by molar-refractivity contribution is 5.93. The number of hydrogen-bond acceptors (Lipinski definition) is 5. The zero-order valence-corrected chi connectivity index (χ0v) is 16.7. The van der Waals surface area contributed by atoms with Crippen LogP contribution in [0.2, 0.25) is 0 Å². The van der Waals surface area contributed by atoms with Gasteiger partial charge in [-0.3, -0.25) is 4.99 Å². The van der Waals surface area contributed by atoms with Crippen LogP contribution in [0.1, 0.15) is 25.3 Å². The molecule has 0 amide bonds. The fourth-order valence-electron chi connectivity index (χ4n) is 2.61. The molecular formula is C21H28N4O3. The molecule has 0 atom stereocenters. The summed E-state index contributed by atoms with van der Waals surface area (Å²) in [5.74, 6) is 3.45. The van der Waals surface area contributed by atoms with Crippen molar-refractivity contribution < 1.29 is 14.2 Å². The summed E-state index contributed by atoms with van der Waals surface area (Å²) in [6.45, 7) is 3.88. The van der Waals surface area contributed by atoms with Gasteiger partial charge in [0.25, 0.3) is 0 Å². The summed E-state index contributed by atoms with van der Waals surface area (Å²) in [6, 6.07) is 9.60. The van der Waals surface area contributed by atoms with Crippen LogP contribution in [-0.4, -0.2) is 38.3 Å². The van der Waals surface area contributed by atoms with E-state index in [-0.39, 0.29) is 0 Å². The molecule has 0 aliphatic heterocycles. The maximum absolute atomic E-state index is 5.67. The first-order chi connectivity index (χ1) is 13.7. The van der Waals surface area contributed by atoms with E-state index in [1.165, 1.54) is 12.8 Å². The van der Waals surface area contributed by atoms with E-state index in [1.54, 1.807) is 14.2 Å². The van der Waals surface area contributed by atoms with E-state index in [1.807, 2.05) is 43.5 Å². The first-order valence-electron chi connectivity index (χ1n) is 9.58. The second-order valence-corrected chi connectivity index (χ2v) is 6.61. The van der Waals surface area contributed by atoms with Crippen LogP contribution in [0.25, 0.3) is 0 Å². The largest absolute Gasteiger partial charge is 0.493 e. The number of nitrogens with one attached hydrogen (secondary N) is 2. The predicted molar refractivity (Wildman–Crippen MR) is 110 cm³/mol. The van der Waals surface area contributed by atoms with Gasteiger partial charge in [-0.05, 0) is 43.4 Å². The van der Waals surface area contributed by atoms with Crippen molar-refractivity contribution in [1.29, 1.82) is 0 Å². The van der Waals surface area contributed by atoms with Crippen LogP contribution in [0.5, 0.6) is 17.4 Å². The average molecular weight is 384 g/mol. The van der Waals surface area contributed by atoms with Gasteiger partial charge in [0.15, 0.2) is 17.5 Å². The molecular weight excluding hydrogens is 356 g/mol. The SMILES string of the molecule is CCOc1cc(NC(=NC)NCc2ccc(OCC3CC3)nc2)ccc1OC. The standard InChI is InChI=1S/C21H28N4O3/c1-4-27-19-11-17(8-9-18(19)26-3)25-21(22-2)24-13-16-7-10-20(23-12-16)28-14-15-5-6-15/h7-12,15H,4-6,13-14H2,1-3H3,(H2,22,24,25). The lowest BCUT2D eigenvalue weighted by Gasteiger charge is -2.15. The highest BCUT2D eigenvalue weighted by Crippen LogP contribution is 2.30. The summed E-state index contributed by atoms with van der Waals surface area (Å²) in [5.41, 5.74) is 1.91. The Labute approximate surface area is 166 Å². The Morgan fingerprint density at radius 1 is 1.18 bits per heavy atom. The fourth-order valence-corrected chi connectivity index (χ4v) is 2.61. The molecule has 2 N–H and O–H groups in total. The third-order valence-electron chi connectivity index (χ3n) is 4.37. The number of anilines is 1. The summed E-state index contributed by atoms with van der Waals surface area (Å²) in [7, 11) is 3.36. The number of aliphatic imine (C=N–C) groups is 1. The Morgan fingerprint density at radius 3 is 2.68 bits per heavy atom. The molecule has 3 rings (SSSR count). The first-order valence-corrected chi connectivity index (χ1v) is 9.58. The minimum absolute atomic E-state index is 0.570. The molecule has 1 saturated carbocycles. The second kappa shape index (κ2) is 9.82. The van der Waals surface area contributed by atoms with Gasteiger partial charge < -0.3 is 24.8 Å². The molecule has 0 radical (unpaired) electrons. The van der Waals surface area contributed by atoms with Crippen molar-refractivity contribution in [2.45, 2.75) is 26.3 Å². The monoisotopic (exact) mass is 384 g/mol. The second-order valence-electron chi connectivity index (χ2n) is 6.61. The molecule has 1 aliphatic rings. The molecule has 1 fully saturated rings. The Kier molecular flexibility index (Phi) is 6.94. The number of benzene rings is 1. The molecule has 0 bridgehead atoms. The van der Waals surface area contributed by atoms with E-state index >= 15 is 0 Å². The normalized spacial score (nSPS) is 13.8. The smallest absolute Gasteiger partial charge is 0.213 e. The fraction of sp³-hybridized carbons (Fsp3) is 0.429. The number of ether oxygens (including phenoxy) is 3. The molecule has 0 saturated heterocycles. The van der Waals surface area contributed by atoms with Crippen LogP contribution in [0.15, 0.2) is 41.5 Å². The van der Waals surface area contributed by atoms with E-state index in [0.29, 0.717) is 36.5 Å². The molecule has 0 spiro atoms. The maximum atomic E-state index is 5.67. The summed E-state index contributed by atoms with van der Waals surface area (Å²) in [5, 5.41) is 6.54. The minimum Gasteiger partial charge on any atom is -0.493 e. The van der Waals surface area contributed by atoms with Crippen LogP contribution in [0, 0.1) is 5.92 Å². The Morgan fingerprint density at radius 2 is 2.04 bits per heavy atom. The summed E-state index contributed by atoms with van der Waals surface area (Å²) >= 11 is 0. The predicted octanol–water partition coefficient (Wildman–Crippen LogP) is 3.47. The topological polar surface area (TPSA) is 77.0 Å². The lowest BCUT2D eigenvalue weighted by molar-refractivity contribution is 0.288. The van der Waals surface area contributed by atoms with Crippen molar-refractivity contribution in [2.24, 2.45) is 10.9 Å². The van der Waals surface area contributed by atoms with Crippen molar-refractivity contribution in [1.82, 2.24) is 10.3 Å². The van der Waals surface area contributed by atoms with Crippen LogP contribution >= 0.6 is 0 Å². The Hall–Kier alpha value is -2.96. The van der Waals surface area contributed by atoms with Gasteiger partial charge in [0.2, 0.25) is 5.88 Å². The van der Waals surface area contributed by atoms with Crippen molar-refractivity contribution in [3.63, 3.8) is 0 Å². The number of rotatable bonds is 9. The molecule has 28 heavy (non-hydrogen) atoms. The van der Waals surface area contributed by atoms with Crippen LogP contribution in [0.4, 0.5) is 5.69 Å². The van der Waals surface area contributed by atoms with Gasteiger partial charge in [0.05, 0.1) is 20.3 Å². The average Bonchev–Trinajstić information content (AvgIpc) is 3.55. The highest BCUT2D eigenvalue weighted by Gasteiger charge is 2.22. The van der Waals surface area contributed by atoms with Crippen molar-refractivity contribution in [3.05, 3.63) is 42.1 Å². The third kappa shape index (κ3) is 5.77. The van der Waals surface area contributed by atoms with Crippen LogP contribution in [0.3, 0.4) is 0 Å². The summed E-state index contributed by atoms with van der Waals surface area (Å²) < 4.78 is 16.6. The van der Waals surface area contributed by atoms with Crippen molar-refractivity contribution >= 4 is 11.6 Å². The number of pyridine rings is 1. The van der Waals surface area contributed by atoms with Gasteiger partial charge in [-0.2, -0.15) is 0 Å². The molecule has 7 heteroatoms. The van der Waals surface area contributed by atoms with Gasteiger partial charge in [0, 0.05) is 37.6 Å². The number of hydrogen-bond donors (Lipinski definition) is 2.